The molecule has 0 bridgehead atoms. The van der Waals surface area contributed by atoms with Crippen molar-refractivity contribution in [3.8, 4) is 5.75 Å². The number of rotatable bonds is 7. The molecule has 1 unspecified atom stereocenters. The third kappa shape index (κ3) is 3.91. The van der Waals surface area contributed by atoms with E-state index in [1.807, 2.05) is 50.2 Å². The highest BCUT2D eigenvalue weighted by atomic mass is 32.2. The van der Waals surface area contributed by atoms with Crippen LogP contribution in [0, 0.1) is 6.92 Å². The van der Waals surface area contributed by atoms with Crippen molar-refractivity contribution in [1.29, 1.82) is 0 Å². The normalized spacial score (nSPS) is 18.2. The summed E-state index contributed by atoms with van der Waals surface area (Å²) in [5, 5.41) is 5.01. The van der Waals surface area contributed by atoms with Gasteiger partial charge in [0.1, 0.15) is 12.4 Å². The Balaban J connectivity index is 1.46. The minimum Gasteiger partial charge on any atom is -0.489 e. The molecule has 3 amide bonds. The van der Waals surface area contributed by atoms with Gasteiger partial charge in [-0.25, -0.2) is 4.79 Å². The number of carbonyl (C=O) groups is 2. The summed E-state index contributed by atoms with van der Waals surface area (Å²) < 4.78 is 11.5. The Bertz CT molecular complexity index is 1080. The van der Waals surface area contributed by atoms with Crippen molar-refractivity contribution in [2.24, 2.45) is 0 Å². The topological polar surface area (TPSA) is 93.5 Å². The molecular formula is C22H21N3O4S. The number of furan rings is 1. The van der Waals surface area contributed by atoms with Crippen molar-refractivity contribution in [3.05, 3.63) is 71.9 Å². The summed E-state index contributed by atoms with van der Waals surface area (Å²) in [5.41, 5.74) is 0.829. The molecule has 1 atom stereocenters. The molecule has 1 aliphatic heterocycles. The Morgan fingerprint density at radius 3 is 2.63 bits per heavy atom. The minimum atomic E-state index is -1.19. The molecule has 1 fully saturated rings. The van der Waals surface area contributed by atoms with Crippen molar-refractivity contribution in [2.45, 2.75) is 42.2 Å². The summed E-state index contributed by atoms with van der Waals surface area (Å²) in [5.74, 6) is 0.794. The molecule has 154 valence electrons. The number of urea groups is 1. The molecule has 1 aliphatic rings. The predicted octanol–water partition coefficient (Wildman–Crippen LogP) is 4.16. The molecule has 3 heterocycles. The summed E-state index contributed by atoms with van der Waals surface area (Å²) in [6.07, 6.45) is 3.68. The van der Waals surface area contributed by atoms with E-state index in [2.05, 4.69) is 15.6 Å². The number of hydrogen-bond acceptors (Lipinski definition) is 6. The fourth-order valence-corrected chi connectivity index (χ4v) is 4.31. The number of aromatic nitrogens is 1. The fraction of sp³-hybridized carbons (Fsp3) is 0.227. The van der Waals surface area contributed by atoms with E-state index < -0.39 is 17.5 Å². The van der Waals surface area contributed by atoms with Gasteiger partial charge in [0, 0.05) is 16.8 Å². The molecule has 4 rings (SSSR count). The maximum atomic E-state index is 12.4. The number of pyridine rings is 1. The van der Waals surface area contributed by atoms with Crippen LogP contribution in [0.2, 0.25) is 0 Å². The first-order chi connectivity index (χ1) is 14.5. The van der Waals surface area contributed by atoms with Crippen LogP contribution in [0.25, 0.3) is 0 Å². The number of carbonyl (C=O) groups excluding carboxylic acids is 2. The Morgan fingerprint density at radius 1 is 1.17 bits per heavy atom. The average molecular weight is 423 g/mol. The van der Waals surface area contributed by atoms with Gasteiger partial charge in [-0.15, -0.1) is 0 Å². The third-order valence-electron chi connectivity index (χ3n) is 4.91. The van der Waals surface area contributed by atoms with E-state index in [-0.39, 0.29) is 0 Å². The number of nitrogens with zero attached hydrogens (tertiary/aromatic N) is 1. The number of imide groups is 1. The Labute approximate surface area is 178 Å². The maximum Gasteiger partial charge on any atom is 0.322 e. The third-order valence-corrected chi connectivity index (χ3v) is 5.96. The quantitative estimate of drug-likeness (QED) is 0.555. The van der Waals surface area contributed by atoms with E-state index in [1.54, 1.807) is 12.3 Å². The van der Waals surface area contributed by atoms with Crippen LogP contribution in [-0.4, -0.2) is 16.9 Å². The van der Waals surface area contributed by atoms with E-state index in [0.717, 1.165) is 26.8 Å². The number of aryl methyl sites for hydroxylation is 1. The number of benzene rings is 1. The van der Waals surface area contributed by atoms with Crippen LogP contribution >= 0.6 is 11.8 Å². The van der Waals surface area contributed by atoms with Gasteiger partial charge in [0.05, 0.1) is 11.2 Å². The van der Waals surface area contributed by atoms with E-state index in [9.17, 15) is 9.59 Å². The molecule has 30 heavy (non-hydrogen) atoms. The molecule has 1 aromatic carbocycles. The molecule has 3 aromatic rings. The first-order valence-corrected chi connectivity index (χ1v) is 10.4. The second-order valence-corrected chi connectivity index (χ2v) is 8.06. The van der Waals surface area contributed by atoms with Crippen molar-refractivity contribution in [3.63, 3.8) is 0 Å². The molecule has 2 N–H and O–H groups in total. The molecule has 0 saturated carbocycles. The van der Waals surface area contributed by atoms with Crippen LogP contribution in [0.3, 0.4) is 0 Å². The van der Waals surface area contributed by atoms with E-state index >= 15 is 0 Å². The summed E-state index contributed by atoms with van der Waals surface area (Å²) in [6.45, 7) is 4.25. The highest BCUT2D eigenvalue weighted by Gasteiger charge is 2.50. The highest BCUT2D eigenvalue weighted by molar-refractivity contribution is 7.99. The van der Waals surface area contributed by atoms with Crippen LogP contribution in [0.15, 0.2) is 69.1 Å². The maximum absolute atomic E-state index is 12.4. The molecule has 0 radical (unpaired) electrons. The molecular weight excluding hydrogens is 402 g/mol. The van der Waals surface area contributed by atoms with Crippen LogP contribution < -0.4 is 15.4 Å². The molecule has 0 spiro atoms. The largest absolute Gasteiger partial charge is 0.489 e. The lowest BCUT2D eigenvalue weighted by molar-refractivity contribution is -0.125. The van der Waals surface area contributed by atoms with Gasteiger partial charge in [-0.05, 0) is 61.4 Å². The molecule has 0 aliphatic carbocycles. The van der Waals surface area contributed by atoms with Crippen LogP contribution in [0.5, 0.6) is 5.75 Å². The summed E-state index contributed by atoms with van der Waals surface area (Å²) in [4.78, 5) is 30.0. The van der Waals surface area contributed by atoms with Gasteiger partial charge < -0.3 is 14.5 Å². The zero-order valence-corrected chi connectivity index (χ0v) is 17.4. The Morgan fingerprint density at radius 2 is 1.97 bits per heavy atom. The molecule has 7 nitrogen and oxygen atoms in total. The van der Waals surface area contributed by atoms with Gasteiger partial charge in [-0.1, -0.05) is 18.7 Å². The average Bonchev–Trinajstić information content (AvgIpc) is 3.31. The van der Waals surface area contributed by atoms with Gasteiger partial charge in [-0.2, -0.15) is 0 Å². The number of ether oxygens (including phenoxy) is 1. The number of amides is 3. The van der Waals surface area contributed by atoms with Crippen molar-refractivity contribution >= 4 is 23.7 Å². The van der Waals surface area contributed by atoms with Crippen LogP contribution in [0.1, 0.15) is 30.4 Å². The van der Waals surface area contributed by atoms with Gasteiger partial charge >= 0.3 is 6.03 Å². The lowest BCUT2D eigenvalue weighted by Gasteiger charge is -2.23. The first kappa shape index (κ1) is 20.0. The van der Waals surface area contributed by atoms with Crippen molar-refractivity contribution in [1.82, 2.24) is 15.6 Å². The van der Waals surface area contributed by atoms with E-state index in [1.165, 1.54) is 18.0 Å². The standard InChI is InChI=1S/C22H21N3O4S/c1-3-22(20(26)24-21(27)25-22)19-18(9-11-28-19)30-17-6-4-16(5-7-17)29-13-15-8-10-23-14(2)12-15/h4-12H,3,13H2,1-2H3,(H2,24,25,26,27). The minimum absolute atomic E-state index is 0.382. The monoisotopic (exact) mass is 423 g/mol. The lowest BCUT2D eigenvalue weighted by atomic mass is 9.93. The zero-order chi connectivity index (χ0) is 21.1. The van der Waals surface area contributed by atoms with Crippen molar-refractivity contribution in [2.75, 3.05) is 0 Å². The summed E-state index contributed by atoms with van der Waals surface area (Å²) >= 11 is 1.46. The smallest absolute Gasteiger partial charge is 0.322 e. The Kier molecular flexibility index (Phi) is 5.50. The van der Waals surface area contributed by atoms with Gasteiger partial charge in [0.2, 0.25) is 0 Å². The number of nitrogens with one attached hydrogen (secondary N) is 2. The molecule has 8 heteroatoms. The molecule has 1 saturated heterocycles. The second-order valence-electron chi connectivity index (χ2n) is 6.95. The SMILES string of the molecule is CCC1(c2occc2Sc2ccc(OCc3ccnc(C)c3)cc2)NC(=O)NC1=O. The second kappa shape index (κ2) is 8.23. The summed E-state index contributed by atoms with van der Waals surface area (Å²) in [7, 11) is 0. The fourth-order valence-electron chi connectivity index (χ4n) is 3.34. The molecule has 2 aromatic heterocycles. The van der Waals surface area contributed by atoms with Gasteiger partial charge in [0.15, 0.2) is 11.3 Å². The van der Waals surface area contributed by atoms with Gasteiger partial charge in [-0.3, -0.25) is 15.1 Å². The van der Waals surface area contributed by atoms with E-state index in [4.69, 9.17) is 9.15 Å². The van der Waals surface area contributed by atoms with Crippen molar-refractivity contribution < 1.29 is 18.7 Å². The van der Waals surface area contributed by atoms with Gasteiger partial charge in [0.25, 0.3) is 5.91 Å². The Hall–Kier alpha value is -3.26. The summed E-state index contributed by atoms with van der Waals surface area (Å²) in [6, 6.07) is 12.9. The number of hydrogen-bond donors (Lipinski definition) is 2. The highest BCUT2D eigenvalue weighted by Crippen LogP contribution is 2.39. The lowest BCUT2D eigenvalue weighted by Crippen LogP contribution is -2.43. The van der Waals surface area contributed by atoms with E-state index in [0.29, 0.717) is 18.8 Å². The first-order valence-electron chi connectivity index (χ1n) is 9.54. The predicted molar refractivity (Wildman–Crippen MR) is 111 cm³/mol. The van der Waals surface area contributed by atoms with Crippen LogP contribution in [-0.2, 0) is 16.9 Å². The zero-order valence-electron chi connectivity index (χ0n) is 16.6. The van der Waals surface area contributed by atoms with Crippen LogP contribution in [0.4, 0.5) is 4.79 Å².